The van der Waals surface area contributed by atoms with E-state index < -0.39 is 29.9 Å². The fraction of sp³-hybridized carbons (Fsp3) is 0.500. The van der Waals surface area contributed by atoms with E-state index in [0.717, 1.165) is 24.3 Å². The van der Waals surface area contributed by atoms with Crippen molar-refractivity contribution in [3.05, 3.63) is 35.6 Å². The molecule has 1 aromatic carbocycles. The molecule has 0 bridgehead atoms. The largest absolute Gasteiger partial charge is 0.412 e. The van der Waals surface area contributed by atoms with Gasteiger partial charge in [-0.2, -0.15) is 13.2 Å². The third-order valence-corrected chi connectivity index (χ3v) is 3.75. The number of halogens is 5. The van der Waals surface area contributed by atoms with Crippen LogP contribution < -0.4 is 10.6 Å². The Hall–Kier alpha value is -1.34. The normalized spacial score (nSPS) is 17.9. The van der Waals surface area contributed by atoms with Gasteiger partial charge in [-0.1, -0.05) is 19.1 Å². The Morgan fingerprint density at radius 3 is 2.23 bits per heavy atom. The van der Waals surface area contributed by atoms with E-state index in [0.29, 0.717) is 13.1 Å². The van der Waals surface area contributed by atoms with Crippen LogP contribution in [0.25, 0.3) is 0 Å². The summed E-state index contributed by atoms with van der Waals surface area (Å²) in [6.45, 7) is 2.86. The summed E-state index contributed by atoms with van der Waals surface area (Å²) in [7, 11) is 0. The second-order valence-electron chi connectivity index (χ2n) is 5.24. The number of carbonyl (C=O) groups excluding carboxylic acids is 1. The van der Waals surface area contributed by atoms with E-state index in [1.807, 2.05) is 5.32 Å². The van der Waals surface area contributed by atoms with Crippen LogP contribution in [0.5, 0.6) is 0 Å². The van der Waals surface area contributed by atoms with E-state index in [1.54, 1.807) is 6.92 Å². The van der Waals surface area contributed by atoms with Gasteiger partial charge in [0.15, 0.2) is 6.04 Å². The molecule has 0 spiro atoms. The van der Waals surface area contributed by atoms with E-state index in [-0.39, 0.29) is 23.9 Å². The molecule has 2 unspecified atom stereocenters. The molecule has 3 nitrogen and oxygen atoms in total. The van der Waals surface area contributed by atoms with Gasteiger partial charge in [-0.3, -0.25) is 4.79 Å². The Bertz CT molecular complexity index is 503. The van der Waals surface area contributed by atoms with Crippen LogP contribution in [0.2, 0.25) is 0 Å². The van der Waals surface area contributed by atoms with Gasteiger partial charge in [-0.25, -0.2) is 4.39 Å². The van der Waals surface area contributed by atoms with Crippen LogP contribution in [0.15, 0.2) is 24.3 Å². The zero-order chi connectivity index (χ0) is 15.6. The predicted molar refractivity (Wildman–Crippen MR) is 76.1 cm³/mol. The second kappa shape index (κ2) is 7.28. The van der Waals surface area contributed by atoms with Crippen LogP contribution in [0.3, 0.4) is 0 Å². The number of carbonyl (C=O) groups is 1. The van der Waals surface area contributed by atoms with Crippen molar-refractivity contribution in [2.45, 2.75) is 19.1 Å². The standard InChI is InChI=1S/C14H16F4N2O.ClH/c1-8(10-6-19-7-10)13(21)20-12(14(16,17)18)9-2-4-11(15)5-3-9;/h2-5,8,10,12,19H,6-7H2,1H3,(H,20,21);1H. The third-order valence-electron chi connectivity index (χ3n) is 3.75. The fourth-order valence-corrected chi connectivity index (χ4v) is 2.16. The highest BCUT2D eigenvalue weighted by Crippen LogP contribution is 2.33. The summed E-state index contributed by atoms with van der Waals surface area (Å²) in [5.74, 6) is -1.73. The van der Waals surface area contributed by atoms with Crippen LogP contribution in [0, 0.1) is 17.7 Å². The molecular formula is C14H17ClF4N2O. The zero-order valence-corrected chi connectivity index (χ0v) is 12.6. The van der Waals surface area contributed by atoms with Gasteiger partial charge >= 0.3 is 6.18 Å². The highest BCUT2D eigenvalue weighted by Gasteiger charge is 2.43. The van der Waals surface area contributed by atoms with Crippen molar-refractivity contribution in [2.75, 3.05) is 13.1 Å². The lowest BCUT2D eigenvalue weighted by Crippen LogP contribution is -2.51. The van der Waals surface area contributed by atoms with Crippen molar-refractivity contribution in [1.82, 2.24) is 10.6 Å². The first kappa shape index (κ1) is 18.7. The Morgan fingerprint density at radius 1 is 1.27 bits per heavy atom. The summed E-state index contributed by atoms with van der Waals surface area (Å²) in [6.07, 6.45) is -4.63. The van der Waals surface area contributed by atoms with E-state index in [2.05, 4.69) is 5.32 Å². The van der Waals surface area contributed by atoms with E-state index in [4.69, 9.17) is 0 Å². The van der Waals surface area contributed by atoms with Gasteiger partial charge in [0.2, 0.25) is 5.91 Å². The summed E-state index contributed by atoms with van der Waals surface area (Å²) >= 11 is 0. The summed E-state index contributed by atoms with van der Waals surface area (Å²) in [4.78, 5) is 12.0. The molecule has 0 aliphatic carbocycles. The summed E-state index contributed by atoms with van der Waals surface area (Å²) in [5, 5.41) is 5.00. The maximum atomic E-state index is 13.1. The first-order chi connectivity index (χ1) is 9.79. The average molecular weight is 341 g/mol. The highest BCUT2D eigenvalue weighted by atomic mass is 35.5. The molecule has 1 heterocycles. The molecule has 2 atom stereocenters. The number of alkyl halides is 3. The van der Waals surface area contributed by atoms with E-state index in [1.165, 1.54) is 0 Å². The van der Waals surface area contributed by atoms with Gasteiger partial charge in [-0.15, -0.1) is 12.4 Å². The third kappa shape index (κ3) is 4.33. The van der Waals surface area contributed by atoms with Gasteiger partial charge in [0.25, 0.3) is 0 Å². The molecule has 0 aromatic heterocycles. The molecule has 1 amide bonds. The monoisotopic (exact) mass is 340 g/mol. The van der Waals surface area contributed by atoms with E-state index >= 15 is 0 Å². The lowest BCUT2D eigenvalue weighted by molar-refractivity contribution is -0.165. The molecule has 0 saturated carbocycles. The molecule has 1 fully saturated rings. The van der Waals surface area contributed by atoms with Crippen LogP contribution in [-0.2, 0) is 4.79 Å². The predicted octanol–water partition coefficient (Wildman–Crippen LogP) is 2.82. The number of benzene rings is 1. The minimum atomic E-state index is -4.63. The molecule has 1 aliphatic rings. The van der Waals surface area contributed by atoms with Crippen LogP contribution in [0.4, 0.5) is 17.6 Å². The smallest absolute Gasteiger partial charge is 0.341 e. The molecule has 2 N–H and O–H groups in total. The molecule has 1 aromatic rings. The van der Waals surface area contributed by atoms with Gasteiger partial charge in [-0.05, 0) is 36.7 Å². The molecular weight excluding hydrogens is 324 g/mol. The van der Waals surface area contributed by atoms with Crippen molar-refractivity contribution in [2.24, 2.45) is 11.8 Å². The van der Waals surface area contributed by atoms with Gasteiger partial charge in [0.05, 0.1) is 0 Å². The fourth-order valence-electron chi connectivity index (χ4n) is 2.16. The van der Waals surface area contributed by atoms with Crippen LogP contribution >= 0.6 is 12.4 Å². The average Bonchev–Trinajstić information content (AvgIpc) is 2.33. The van der Waals surface area contributed by atoms with Crippen LogP contribution in [-0.4, -0.2) is 25.2 Å². The number of rotatable bonds is 4. The number of hydrogen-bond acceptors (Lipinski definition) is 2. The summed E-state index contributed by atoms with van der Waals surface area (Å²) < 4.78 is 52.1. The van der Waals surface area contributed by atoms with Crippen LogP contribution in [0.1, 0.15) is 18.5 Å². The minimum absolute atomic E-state index is 0. The molecule has 0 radical (unpaired) electrons. The first-order valence-corrected chi connectivity index (χ1v) is 6.62. The van der Waals surface area contributed by atoms with Gasteiger partial charge < -0.3 is 10.6 Å². The SMILES string of the molecule is CC(C(=O)NC(c1ccc(F)cc1)C(F)(F)F)C1CNC1.Cl. The second-order valence-corrected chi connectivity index (χ2v) is 5.24. The Morgan fingerprint density at radius 2 is 1.82 bits per heavy atom. The number of nitrogens with one attached hydrogen (secondary N) is 2. The summed E-state index contributed by atoms with van der Waals surface area (Å²) in [6, 6.07) is 1.83. The molecule has 1 saturated heterocycles. The van der Waals surface area contributed by atoms with Crippen molar-refractivity contribution in [3.63, 3.8) is 0 Å². The topological polar surface area (TPSA) is 41.1 Å². The zero-order valence-electron chi connectivity index (χ0n) is 11.8. The quantitative estimate of drug-likeness (QED) is 0.828. The maximum absolute atomic E-state index is 13.1. The lowest BCUT2D eigenvalue weighted by Gasteiger charge is -2.33. The van der Waals surface area contributed by atoms with Gasteiger partial charge in [0, 0.05) is 5.92 Å². The Labute approximate surface area is 131 Å². The maximum Gasteiger partial charge on any atom is 0.412 e. The molecule has 22 heavy (non-hydrogen) atoms. The van der Waals surface area contributed by atoms with Gasteiger partial charge in [0.1, 0.15) is 5.82 Å². The van der Waals surface area contributed by atoms with Crippen molar-refractivity contribution in [1.29, 1.82) is 0 Å². The Kier molecular flexibility index (Phi) is 6.19. The molecule has 124 valence electrons. The van der Waals surface area contributed by atoms with Crippen molar-refractivity contribution < 1.29 is 22.4 Å². The summed E-state index contributed by atoms with van der Waals surface area (Å²) in [5.41, 5.74) is -0.184. The number of hydrogen-bond donors (Lipinski definition) is 2. The lowest BCUT2D eigenvalue weighted by atomic mass is 9.88. The van der Waals surface area contributed by atoms with Crippen molar-refractivity contribution in [3.8, 4) is 0 Å². The van der Waals surface area contributed by atoms with E-state index in [9.17, 15) is 22.4 Å². The highest BCUT2D eigenvalue weighted by molar-refractivity contribution is 5.85. The molecule has 2 rings (SSSR count). The number of amides is 1. The molecule has 8 heteroatoms. The molecule has 1 aliphatic heterocycles. The first-order valence-electron chi connectivity index (χ1n) is 6.62. The minimum Gasteiger partial charge on any atom is -0.341 e. The Balaban J connectivity index is 0.00000242. The van der Waals surface area contributed by atoms with Crippen molar-refractivity contribution >= 4 is 18.3 Å².